The van der Waals surface area contributed by atoms with Gasteiger partial charge in [0.15, 0.2) is 5.82 Å². The first-order valence-corrected chi connectivity index (χ1v) is 20.5. The Morgan fingerprint density at radius 3 is 1.40 bits per heavy atom. The lowest BCUT2D eigenvalue weighted by Gasteiger charge is -2.15. The van der Waals surface area contributed by atoms with E-state index in [0.29, 0.717) is 5.82 Å². The molecule has 0 saturated carbocycles. The van der Waals surface area contributed by atoms with Crippen LogP contribution in [-0.2, 0) is 0 Å². The molecule has 0 N–H and O–H groups in total. The van der Waals surface area contributed by atoms with Gasteiger partial charge in [-0.25, -0.2) is 9.97 Å². The molecule has 11 aromatic rings. The largest absolute Gasteiger partial charge is 0.228 e. The average Bonchev–Trinajstić information content (AvgIpc) is 3.34. The molecule has 10 aromatic carbocycles. The van der Waals surface area contributed by atoms with E-state index in [1.54, 1.807) is 0 Å². The van der Waals surface area contributed by atoms with Crippen molar-refractivity contribution >= 4 is 32.3 Å². The van der Waals surface area contributed by atoms with Crippen LogP contribution in [0, 0.1) is 0 Å². The van der Waals surface area contributed by atoms with Gasteiger partial charge in [0.05, 0.1) is 11.4 Å². The Hall–Kier alpha value is -7.94. The molecule has 0 spiro atoms. The topological polar surface area (TPSA) is 25.8 Å². The third-order valence-corrected chi connectivity index (χ3v) is 11.7. The zero-order valence-corrected chi connectivity index (χ0v) is 32.8. The van der Waals surface area contributed by atoms with E-state index in [9.17, 15) is 0 Å². The second-order valence-corrected chi connectivity index (χ2v) is 15.3. The minimum absolute atomic E-state index is 0.700. The van der Waals surface area contributed by atoms with E-state index in [1.165, 1.54) is 60.1 Å². The summed E-state index contributed by atoms with van der Waals surface area (Å²) in [6.45, 7) is 0. The van der Waals surface area contributed by atoms with Gasteiger partial charge in [0.2, 0.25) is 0 Å². The SMILES string of the molecule is c1ccc(-c2ccc(-c3ccccc3-c3cc(-c4ccc(-c5ccc(-c6c7ccccc7cc7c6ccc6ccccc67)cc5)cc4)nc(-c4ccccc4)n3)cc2)cc1. The highest BCUT2D eigenvalue weighted by Gasteiger charge is 2.16. The van der Waals surface area contributed by atoms with Crippen LogP contribution in [0.25, 0.3) is 111 Å². The summed E-state index contributed by atoms with van der Waals surface area (Å²) < 4.78 is 0. The van der Waals surface area contributed by atoms with Crippen LogP contribution >= 0.6 is 0 Å². The van der Waals surface area contributed by atoms with Gasteiger partial charge in [0, 0.05) is 16.7 Å². The fraction of sp³-hybridized carbons (Fsp3) is 0. The van der Waals surface area contributed by atoms with E-state index >= 15 is 0 Å². The molecule has 0 aliphatic rings. The number of aromatic nitrogens is 2. The van der Waals surface area contributed by atoms with E-state index in [0.717, 1.165) is 44.8 Å². The molecular weight excluding hydrogens is 725 g/mol. The Bertz CT molecular complexity index is 3320. The van der Waals surface area contributed by atoms with Crippen molar-refractivity contribution in [3.05, 3.63) is 231 Å². The summed E-state index contributed by atoms with van der Waals surface area (Å²) in [6.07, 6.45) is 0. The minimum atomic E-state index is 0.700. The summed E-state index contributed by atoms with van der Waals surface area (Å²) in [5.74, 6) is 0.700. The second kappa shape index (κ2) is 15.1. The Morgan fingerprint density at radius 1 is 0.233 bits per heavy atom. The minimum Gasteiger partial charge on any atom is -0.228 e. The maximum Gasteiger partial charge on any atom is 0.160 e. The maximum absolute atomic E-state index is 5.19. The maximum atomic E-state index is 5.19. The molecule has 0 amide bonds. The molecule has 0 saturated heterocycles. The van der Waals surface area contributed by atoms with E-state index in [2.05, 4.69) is 212 Å². The fourth-order valence-electron chi connectivity index (χ4n) is 8.67. The Kier molecular flexibility index (Phi) is 8.87. The normalized spacial score (nSPS) is 11.3. The monoisotopic (exact) mass is 762 g/mol. The van der Waals surface area contributed by atoms with Crippen molar-refractivity contribution in [2.75, 3.05) is 0 Å². The van der Waals surface area contributed by atoms with Crippen LogP contribution in [0.5, 0.6) is 0 Å². The summed E-state index contributed by atoms with van der Waals surface area (Å²) in [6, 6.07) is 82.4. The van der Waals surface area contributed by atoms with Crippen molar-refractivity contribution in [2.45, 2.75) is 0 Å². The Balaban J connectivity index is 0.950. The van der Waals surface area contributed by atoms with Gasteiger partial charge in [-0.15, -0.1) is 0 Å². The van der Waals surface area contributed by atoms with Crippen LogP contribution in [0.2, 0.25) is 0 Å². The first kappa shape index (κ1) is 35.2. The van der Waals surface area contributed by atoms with Crippen LogP contribution in [0.1, 0.15) is 0 Å². The van der Waals surface area contributed by atoms with Crippen LogP contribution in [0.3, 0.4) is 0 Å². The smallest absolute Gasteiger partial charge is 0.160 e. The molecule has 0 aliphatic heterocycles. The van der Waals surface area contributed by atoms with Crippen LogP contribution < -0.4 is 0 Å². The zero-order valence-electron chi connectivity index (χ0n) is 32.8. The lowest BCUT2D eigenvalue weighted by molar-refractivity contribution is 1.18. The van der Waals surface area contributed by atoms with Gasteiger partial charge >= 0.3 is 0 Å². The molecule has 0 bridgehead atoms. The van der Waals surface area contributed by atoms with Crippen molar-refractivity contribution in [1.29, 1.82) is 0 Å². The quantitative estimate of drug-likeness (QED) is 0.119. The summed E-state index contributed by atoms with van der Waals surface area (Å²) >= 11 is 0. The molecule has 0 fully saturated rings. The highest BCUT2D eigenvalue weighted by Crippen LogP contribution is 2.40. The van der Waals surface area contributed by atoms with Gasteiger partial charge in [-0.2, -0.15) is 0 Å². The fourth-order valence-corrected chi connectivity index (χ4v) is 8.67. The molecule has 1 heterocycles. The van der Waals surface area contributed by atoms with Crippen LogP contribution in [0.4, 0.5) is 0 Å². The molecule has 0 atom stereocenters. The van der Waals surface area contributed by atoms with Crippen LogP contribution in [0.15, 0.2) is 231 Å². The van der Waals surface area contributed by atoms with E-state index in [1.807, 2.05) is 18.2 Å². The summed E-state index contributed by atoms with van der Waals surface area (Å²) in [5.41, 5.74) is 14.3. The zero-order chi connectivity index (χ0) is 39.8. The summed E-state index contributed by atoms with van der Waals surface area (Å²) in [4.78, 5) is 10.3. The number of hydrogen-bond acceptors (Lipinski definition) is 2. The summed E-state index contributed by atoms with van der Waals surface area (Å²) in [5, 5.41) is 7.61. The average molecular weight is 763 g/mol. The lowest BCUT2D eigenvalue weighted by atomic mass is 9.89. The molecule has 0 radical (unpaired) electrons. The predicted octanol–water partition coefficient (Wildman–Crippen LogP) is 15.6. The third-order valence-electron chi connectivity index (χ3n) is 11.7. The molecule has 2 nitrogen and oxygen atoms in total. The molecule has 1 aromatic heterocycles. The molecule has 2 heteroatoms. The number of rotatable bonds is 7. The van der Waals surface area contributed by atoms with E-state index < -0.39 is 0 Å². The molecule has 11 rings (SSSR count). The van der Waals surface area contributed by atoms with Crippen molar-refractivity contribution < 1.29 is 0 Å². The first-order chi connectivity index (χ1) is 29.7. The number of benzene rings is 10. The number of hydrogen-bond donors (Lipinski definition) is 0. The van der Waals surface area contributed by atoms with Gasteiger partial charge in [0.1, 0.15) is 0 Å². The van der Waals surface area contributed by atoms with Crippen LogP contribution in [-0.4, -0.2) is 9.97 Å². The van der Waals surface area contributed by atoms with Crippen molar-refractivity contribution in [3.8, 4) is 78.4 Å². The van der Waals surface area contributed by atoms with Gasteiger partial charge in [0.25, 0.3) is 0 Å². The highest BCUT2D eigenvalue weighted by molar-refractivity contribution is 6.20. The third kappa shape index (κ3) is 6.51. The van der Waals surface area contributed by atoms with Crippen molar-refractivity contribution in [1.82, 2.24) is 9.97 Å². The van der Waals surface area contributed by atoms with Gasteiger partial charge < -0.3 is 0 Å². The molecule has 0 unspecified atom stereocenters. The molecule has 280 valence electrons. The Morgan fingerprint density at radius 2 is 0.717 bits per heavy atom. The molecule has 0 aliphatic carbocycles. The standard InChI is InChI=1S/C58H38N2/c1-3-13-39(14-4-1)40-23-29-44(30-24-40)49-19-11-12-22-52(49)56-38-55(59-58(60-56)47-16-5-2-6-17-47)45-31-25-41(26-32-45)42-27-33-46(34-28-42)57-51-21-10-8-18-48(51)37-54-50-20-9-7-15-43(50)35-36-53(54)57/h1-38H. The second-order valence-electron chi connectivity index (χ2n) is 15.3. The number of fused-ring (bicyclic) bond motifs is 4. The number of nitrogens with zero attached hydrogens (tertiary/aromatic N) is 2. The molecular formula is C58H38N2. The van der Waals surface area contributed by atoms with E-state index in [-0.39, 0.29) is 0 Å². The van der Waals surface area contributed by atoms with Gasteiger partial charge in [-0.3, -0.25) is 0 Å². The Labute approximate surface area is 349 Å². The summed E-state index contributed by atoms with van der Waals surface area (Å²) in [7, 11) is 0. The van der Waals surface area contributed by atoms with Crippen molar-refractivity contribution in [2.24, 2.45) is 0 Å². The highest BCUT2D eigenvalue weighted by atomic mass is 14.9. The van der Waals surface area contributed by atoms with Gasteiger partial charge in [-0.1, -0.05) is 218 Å². The predicted molar refractivity (Wildman–Crippen MR) is 253 cm³/mol. The first-order valence-electron chi connectivity index (χ1n) is 20.5. The van der Waals surface area contributed by atoms with E-state index in [4.69, 9.17) is 9.97 Å². The van der Waals surface area contributed by atoms with Crippen molar-refractivity contribution in [3.63, 3.8) is 0 Å². The van der Waals surface area contributed by atoms with Gasteiger partial charge in [-0.05, 0) is 89.0 Å². The lowest BCUT2D eigenvalue weighted by Crippen LogP contribution is -1.97. The molecule has 60 heavy (non-hydrogen) atoms.